The van der Waals surface area contributed by atoms with Gasteiger partial charge in [-0.1, -0.05) is 67.4 Å². The van der Waals surface area contributed by atoms with Crippen LogP contribution in [0.5, 0.6) is 0 Å². The maximum atomic E-state index is 13.9. The number of β-amino-alcohol motifs (C(OH)–C–C–N with tert-alkyl or cyclic N) is 1. The molecule has 5 N–H and O–H groups in total. The second-order valence-electron chi connectivity index (χ2n) is 14.5. The van der Waals surface area contributed by atoms with Gasteiger partial charge in [-0.15, -0.1) is 0 Å². The molecule has 3 unspecified atom stereocenters. The lowest BCUT2D eigenvalue weighted by Gasteiger charge is -2.48. The highest BCUT2D eigenvalue weighted by Crippen LogP contribution is 2.36. The van der Waals surface area contributed by atoms with E-state index in [1.165, 1.54) is 0 Å². The Kier molecular flexibility index (Phi) is 12.1. The maximum Gasteiger partial charge on any atom is 0.424 e. The average Bonchev–Trinajstić information content (AvgIpc) is 3.08. The molecule has 1 aliphatic heterocycles. The first-order valence-electron chi connectivity index (χ1n) is 17.6. The molecule has 2 aliphatic rings. The van der Waals surface area contributed by atoms with Crippen molar-refractivity contribution in [2.45, 2.75) is 89.5 Å². The Morgan fingerprint density at radius 2 is 1.62 bits per heavy atom. The molecule has 0 spiro atoms. The Morgan fingerprint density at radius 3 is 2.32 bits per heavy atom. The third-order valence-corrected chi connectivity index (χ3v) is 9.49. The number of nitrogens with zero attached hydrogens (tertiary/aromatic N) is 3. The van der Waals surface area contributed by atoms with Crippen LogP contribution < -0.4 is 16.4 Å². The van der Waals surface area contributed by atoms with Gasteiger partial charge in [-0.2, -0.15) is 0 Å². The number of carbonyl (C=O) groups excluding carboxylic acids is 4. The van der Waals surface area contributed by atoms with Crippen LogP contribution in [-0.4, -0.2) is 87.3 Å². The van der Waals surface area contributed by atoms with E-state index >= 15 is 0 Å². The number of fused-ring (bicyclic) bond motifs is 2. The maximum absolute atomic E-state index is 13.9. The number of aliphatic hydroxyl groups excluding tert-OH is 1. The van der Waals surface area contributed by atoms with E-state index in [9.17, 15) is 24.3 Å². The number of hydrazine groups is 1. The summed E-state index contributed by atoms with van der Waals surface area (Å²) < 4.78 is 5.78. The van der Waals surface area contributed by atoms with Gasteiger partial charge in [0.25, 0.3) is 5.91 Å². The molecule has 0 radical (unpaired) electrons. The molecule has 2 fully saturated rings. The second-order valence-corrected chi connectivity index (χ2v) is 14.5. The summed E-state index contributed by atoms with van der Waals surface area (Å²) >= 11 is 0. The predicted molar refractivity (Wildman–Crippen MR) is 189 cm³/mol. The van der Waals surface area contributed by atoms with Crippen LogP contribution in [0.25, 0.3) is 10.9 Å². The summed E-state index contributed by atoms with van der Waals surface area (Å²) in [4.78, 5) is 57.0. The van der Waals surface area contributed by atoms with Gasteiger partial charge < -0.3 is 26.2 Å². The Hall–Kier alpha value is -4.55. The number of aliphatic hydroxyl groups is 1. The summed E-state index contributed by atoms with van der Waals surface area (Å²) in [6, 6.07) is 18.2. The van der Waals surface area contributed by atoms with E-state index in [1.54, 1.807) is 23.2 Å². The topological polar surface area (TPSA) is 167 Å². The molecule has 5 rings (SSSR count). The lowest BCUT2D eigenvalue weighted by atomic mass is 9.77. The Labute approximate surface area is 293 Å². The summed E-state index contributed by atoms with van der Waals surface area (Å²) in [5.74, 6) is -1.03. The van der Waals surface area contributed by atoms with Crippen molar-refractivity contribution in [2.24, 2.45) is 17.6 Å². The van der Waals surface area contributed by atoms with Crippen molar-refractivity contribution in [2.75, 3.05) is 19.6 Å². The number of aromatic nitrogens is 1. The van der Waals surface area contributed by atoms with Crippen molar-refractivity contribution < 1.29 is 29.0 Å². The van der Waals surface area contributed by atoms with Crippen molar-refractivity contribution in [3.8, 4) is 0 Å². The van der Waals surface area contributed by atoms with Crippen LogP contribution in [0.1, 0.15) is 75.3 Å². The van der Waals surface area contributed by atoms with E-state index in [4.69, 9.17) is 10.5 Å². The molecule has 12 nitrogen and oxygen atoms in total. The molecular formula is C38H50N6O6. The van der Waals surface area contributed by atoms with Crippen molar-refractivity contribution in [1.82, 2.24) is 25.6 Å². The molecule has 3 aromatic rings. The average molecular weight is 687 g/mol. The summed E-state index contributed by atoms with van der Waals surface area (Å²) in [6.45, 7) is 6.64. The zero-order chi connectivity index (χ0) is 35.8. The number of pyridine rings is 1. The first-order chi connectivity index (χ1) is 23.9. The second kappa shape index (κ2) is 16.4. The van der Waals surface area contributed by atoms with E-state index in [1.807, 2.05) is 74.3 Å². The number of hydrogen-bond acceptors (Lipinski definition) is 8. The number of benzene rings is 2. The summed E-state index contributed by atoms with van der Waals surface area (Å²) in [7, 11) is 0. The number of carbonyl (C=O) groups is 4. The van der Waals surface area contributed by atoms with Gasteiger partial charge in [-0.3, -0.25) is 14.4 Å². The first kappa shape index (κ1) is 36.7. The monoisotopic (exact) mass is 686 g/mol. The van der Waals surface area contributed by atoms with E-state index in [2.05, 4.69) is 15.6 Å². The standard InChI is InChI=1S/C38H50N6O6/c1-38(2,3)50-37(49)44-23-28-15-8-7-14-27(28)22-43(44)24-33(45)32(21-25-11-5-4-6-12-25)42-36(48)31(19-20-34(39)46)41-35(47)30-18-17-26-13-9-10-16-29(26)40-30/h4-6,9-13,16-18,27-28,31-33,45H,7-8,14-15,19-24H2,1-3H3,(H2,39,46)(H,41,47)(H,42,48)/t27?,28?,31-,32-,33?/m0/s1. The quantitative estimate of drug-likeness (QED) is 0.222. The van der Waals surface area contributed by atoms with E-state index in [-0.39, 0.29) is 31.5 Å². The van der Waals surface area contributed by atoms with Gasteiger partial charge in [0.2, 0.25) is 11.8 Å². The number of ether oxygens (including phenoxy) is 1. The van der Waals surface area contributed by atoms with Crippen LogP contribution >= 0.6 is 0 Å². The molecule has 0 bridgehead atoms. The minimum absolute atomic E-state index is 0.0454. The summed E-state index contributed by atoms with van der Waals surface area (Å²) in [6.07, 6.45) is 2.87. The van der Waals surface area contributed by atoms with Gasteiger partial charge in [0.05, 0.1) is 17.7 Å². The summed E-state index contributed by atoms with van der Waals surface area (Å²) in [5.41, 5.74) is 6.37. The molecule has 4 amide bonds. The Balaban J connectivity index is 1.36. The Morgan fingerprint density at radius 1 is 0.940 bits per heavy atom. The molecular weight excluding hydrogens is 636 g/mol. The van der Waals surface area contributed by atoms with E-state index < -0.39 is 47.6 Å². The smallest absolute Gasteiger partial charge is 0.424 e. The Bertz CT molecular complexity index is 1650. The fourth-order valence-electron chi connectivity index (χ4n) is 6.91. The van der Waals surface area contributed by atoms with Crippen molar-refractivity contribution in [1.29, 1.82) is 0 Å². The zero-order valence-electron chi connectivity index (χ0n) is 29.2. The van der Waals surface area contributed by atoms with Crippen molar-refractivity contribution >= 4 is 34.7 Å². The summed E-state index contributed by atoms with van der Waals surface area (Å²) in [5, 5.41) is 21.9. The van der Waals surface area contributed by atoms with Crippen LogP contribution in [0, 0.1) is 11.8 Å². The number of para-hydroxylation sites is 1. The van der Waals surface area contributed by atoms with Gasteiger partial charge in [-0.05, 0) is 76.0 Å². The van der Waals surface area contributed by atoms with Crippen LogP contribution in [0.3, 0.4) is 0 Å². The third-order valence-electron chi connectivity index (χ3n) is 9.49. The van der Waals surface area contributed by atoms with Gasteiger partial charge in [-0.25, -0.2) is 19.8 Å². The molecule has 1 saturated heterocycles. The molecule has 2 aromatic carbocycles. The number of rotatable bonds is 12. The highest BCUT2D eigenvalue weighted by Gasteiger charge is 2.41. The molecule has 1 aliphatic carbocycles. The van der Waals surface area contributed by atoms with Gasteiger partial charge in [0.15, 0.2) is 0 Å². The highest BCUT2D eigenvalue weighted by atomic mass is 16.6. The molecule has 1 saturated carbocycles. The molecule has 268 valence electrons. The van der Waals surface area contributed by atoms with Gasteiger partial charge in [0, 0.05) is 31.4 Å². The molecule has 5 atom stereocenters. The fourth-order valence-corrected chi connectivity index (χ4v) is 6.91. The number of hydrogen-bond donors (Lipinski definition) is 4. The lowest BCUT2D eigenvalue weighted by molar-refractivity contribution is -0.129. The van der Waals surface area contributed by atoms with Gasteiger partial charge >= 0.3 is 6.09 Å². The van der Waals surface area contributed by atoms with Gasteiger partial charge in [0.1, 0.15) is 17.3 Å². The van der Waals surface area contributed by atoms with Crippen LogP contribution in [0.2, 0.25) is 0 Å². The number of primary amides is 1. The third kappa shape index (κ3) is 10.0. The number of amides is 4. The fraction of sp³-hybridized carbons (Fsp3) is 0.500. The minimum Gasteiger partial charge on any atom is -0.443 e. The first-order valence-corrected chi connectivity index (χ1v) is 17.6. The molecule has 50 heavy (non-hydrogen) atoms. The normalized spacial score (nSPS) is 19.9. The van der Waals surface area contributed by atoms with E-state index in [0.717, 1.165) is 36.6 Å². The van der Waals surface area contributed by atoms with Crippen molar-refractivity contribution in [3.05, 3.63) is 78.0 Å². The van der Waals surface area contributed by atoms with Crippen molar-refractivity contribution in [3.63, 3.8) is 0 Å². The molecule has 1 aromatic heterocycles. The lowest BCUT2D eigenvalue weighted by Crippen LogP contribution is -2.62. The SMILES string of the molecule is CC(C)(C)OC(=O)N1CC2CCCCC2CN1CC(O)[C@H](Cc1ccccc1)NC(=O)[C@H](CCC(N)=O)NC(=O)c1ccc2ccccc2n1. The van der Waals surface area contributed by atoms with Crippen LogP contribution in [-0.2, 0) is 20.7 Å². The number of nitrogens with one attached hydrogen (secondary N) is 2. The number of nitrogens with two attached hydrogens (primary N) is 1. The highest BCUT2D eigenvalue weighted by molar-refractivity contribution is 5.98. The van der Waals surface area contributed by atoms with Crippen LogP contribution in [0.4, 0.5) is 4.79 Å². The zero-order valence-corrected chi connectivity index (χ0v) is 29.2. The largest absolute Gasteiger partial charge is 0.443 e. The van der Waals surface area contributed by atoms with Crippen LogP contribution in [0.15, 0.2) is 66.7 Å². The predicted octanol–water partition coefficient (Wildman–Crippen LogP) is 3.96. The van der Waals surface area contributed by atoms with E-state index in [0.29, 0.717) is 30.4 Å². The molecule has 2 heterocycles. The molecule has 12 heteroatoms. The minimum atomic E-state index is -1.13.